The van der Waals surface area contributed by atoms with Crippen molar-refractivity contribution >= 4 is 31.9 Å². The van der Waals surface area contributed by atoms with E-state index in [0.717, 1.165) is 29.3 Å². The van der Waals surface area contributed by atoms with Crippen LogP contribution < -0.4 is 5.32 Å². The van der Waals surface area contributed by atoms with Crippen molar-refractivity contribution in [2.24, 2.45) is 0 Å². The van der Waals surface area contributed by atoms with Gasteiger partial charge in [0.2, 0.25) is 10.0 Å². The highest BCUT2D eigenvalue weighted by Crippen LogP contribution is 2.27. The Labute approximate surface area is 175 Å². The maximum atomic E-state index is 13.1. The molecular weight excluding hydrogens is 440 g/mol. The molecule has 1 saturated heterocycles. The molecule has 1 N–H and O–H groups in total. The van der Waals surface area contributed by atoms with Gasteiger partial charge < -0.3 is 5.32 Å². The summed E-state index contributed by atoms with van der Waals surface area (Å²) in [6.07, 6.45) is 3.28. The zero-order valence-corrected chi connectivity index (χ0v) is 18.3. The third-order valence-corrected chi connectivity index (χ3v) is 7.74. The summed E-state index contributed by atoms with van der Waals surface area (Å²) in [6.45, 7) is 2.90. The van der Waals surface area contributed by atoms with E-state index in [1.807, 2.05) is 37.3 Å². The summed E-state index contributed by atoms with van der Waals surface area (Å²) in [4.78, 5) is 12.7. The number of hydrogen-bond donors (Lipinski definition) is 1. The number of aryl methyl sites for hydroxylation is 1. The molecule has 1 amide bonds. The molecule has 5 nitrogen and oxygen atoms in total. The van der Waals surface area contributed by atoms with Gasteiger partial charge in [0.15, 0.2) is 0 Å². The van der Waals surface area contributed by atoms with Gasteiger partial charge in [-0.05, 0) is 66.4 Å². The number of rotatable bonds is 6. The van der Waals surface area contributed by atoms with Crippen LogP contribution in [0.1, 0.15) is 41.6 Å². The quantitative estimate of drug-likeness (QED) is 0.698. The lowest BCUT2D eigenvalue weighted by atomic mass is 10.0. The van der Waals surface area contributed by atoms with E-state index in [4.69, 9.17) is 0 Å². The van der Waals surface area contributed by atoms with Crippen LogP contribution in [0.3, 0.4) is 0 Å². The lowest BCUT2D eigenvalue weighted by molar-refractivity contribution is 0.0948. The summed E-state index contributed by atoms with van der Waals surface area (Å²) < 4.78 is 28.6. The van der Waals surface area contributed by atoms with Gasteiger partial charge in [-0.25, -0.2) is 8.42 Å². The van der Waals surface area contributed by atoms with Crippen LogP contribution in [0, 0.1) is 6.92 Å². The monoisotopic (exact) mass is 464 g/mol. The number of piperidine rings is 1. The molecule has 1 aliphatic heterocycles. The number of carbonyl (C=O) groups is 1. The number of carbonyl (C=O) groups excluding carboxylic acids is 1. The highest BCUT2D eigenvalue weighted by atomic mass is 79.9. The van der Waals surface area contributed by atoms with E-state index in [-0.39, 0.29) is 11.9 Å². The van der Waals surface area contributed by atoms with Gasteiger partial charge in [0.1, 0.15) is 0 Å². The lowest BCUT2D eigenvalue weighted by Gasteiger charge is -2.34. The fourth-order valence-electron chi connectivity index (χ4n) is 3.52. The minimum absolute atomic E-state index is 0.0976. The van der Waals surface area contributed by atoms with Crippen molar-refractivity contribution < 1.29 is 13.2 Å². The molecule has 28 heavy (non-hydrogen) atoms. The van der Waals surface area contributed by atoms with Crippen molar-refractivity contribution in [3.63, 3.8) is 0 Å². The second-order valence-corrected chi connectivity index (χ2v) is 9.85. The molecule has 0 saturated carbocycles. The maximum Gasteiger partial charge on any atom is 0.252 e. The third kappa shape index (κ3) is 4.82. The number of amides is 1. The van der Waals surface area contributed by atoms with Crippen molar-refractivity contribution in [2.45, 2.75) is 43.5 Å². The fraction of sp³-hybridized carbons (Fsp3) is 0.381. The molecule has 7 heteroatoms. The van der Waals surface area contributed by atoms with E-state index in [9.17, 15) is 13.2 Å². The highest BCUT2D eigenvalue weighted by Gasteiger charge is 2.33. The zero-order chi connectivity index (χ0) is 20.1. The van der Waals surface area contributed by atoms with E-state index < -0.39 is 10.0 Å². The Hall–Kier alpha value is -1.70. The number of sulfonamides is 1. The molecule has 1 aliphatic rings. The van der Waals surface area contributed by atoms with Gasteiger partial charge in [0, 0.05) is 23.6 Å². The summed E-state index contributed by atoms with van der Waals surface area (Å²) in [5, 5.41) is 2.92. The molecule has 150 valence electrons. The SMILES string of the molecule is Cc1ccc(S(=O)(=O)N2CCCCC2CCNC(=O)c2ccccc2Br)cc1. The Morgan fingerprint density at radius 3 is 2.57 bits per heavy atom. The highest BCUT2D eigenvalue weighted by molar-refractivity contribution is 9.10. The van der Waals surface area contributed by atoms with Crippen molar-refractivity contribution in [2.75, 3.05) is 13.1 Å². The molecule has 3 rings (SSSR count). The normalized spacial score (nSPS) is 18.0. The average molecular weight is 465 g/mol. The second kappa shape index (κ2) is 9.20. The molecule has 0 radical (unpaired) electrons. The first kappa shape index (κ1) is 21.0. The summed E-state index contributed by atoms with van der Waals surface area (Å²) >= 11 is 3.38. The Kier molecular flexibility index (Phi) is 6.91. The van der Waals surface area contributed by atoms with Crippen LogP contribution in [-0.4, -0.2) is 37.8 Å². The molecule has 0 aromatic heterocycles. The van der Waals surface area contributed by atoms with E-state index >= 15 is 0 Å². The molecule has 2 aromatic rings. The van der Waals surface area contributed by atoms with E-state index in [1.54, 1.807) is 22.5 Å². The van der Waals surface area contributed by atoms with E-state index in [2.05, 4.69) is 21.2 Å². The van der Waals surface area contributed by atoms with Gasteiger partial charge in [-0.1, -0.05) is 36.2 Å². The predicted molar refractivity (Wildman–Crippen MR) is 114 cm³/mol. The van der Waals surface area contributed by atoms with Gasteiger partial charge in [-0.2, -0.15) is 4.31 Å². The molecule has 0 aliphatic carbocycles. The van der Waals surface area contributed by atoms with Crippen molar-refractivity contribution in [3.05, 3.63) is 64.1 Å². The first-order valence-corrected chi connectivity index (χ1v) is 11.7. The van der Waals surface area contributed by atoms with Crippen LogP contribution in [0.5, 0.6) is 0 Å². The molecule has 1 unspecified atom stereocenters. The van der Waals surface area contributed by atoms with Gasteiger partial charge in [-0.3, -0.25) is 4.79 Å². The number of nitrogens with zero attached hydrogens (tertiary/aromatic N) is 1. The Balaban J connectivity index is 1.66. The van der Waals surface area contributed by atoms with Crippen LogP contribution in [-0.2, 0) is 10.0 Å². The minimum Gasteiger partial charge on any atom is -0.352 e. The topological polar surface area (TPSA) is 66.5 Å². The summed E-state index contributed by atoms with van der Waals surface area (Å²) in [6, 6.07) is 14.1. The fourth-order valence-corrected chi connectivity index (χ4v) is 5.71. The van der Waals surface area contributed by atoms with Crippen LogP contribution in [0.25, 0.3) is 0 Å². The standard InChI is InChI=1S/C21H25BrN2O3S/c1-16-9-11-18(12-10-16)28(26,27)24-15-5-4-6-17(24)13-14-23-21(25)19-7-2-3-8-20(19)22/h2-3,7-12,17H,4-6,13-15H2,1H3,(H,23,25). The lowest BCUT2D eigenvalue weighted by Crippen LogP contribution is -2.45. The van der Waals surface area contributed by atoms with Crippen molar-refractivity contribution in [1.29, 1.82) is 0 Å². The molecule has 1 heterocycles. The van der Waals surface area contributed by atoms with E-state index in [0.29, 0.717) is 30.0 Å². The number of halogens is 1. The molecule has 1 fully saturated rings. The molecule has 0 spiro atoms. The van der Waals surface area contributed by atoms with Crippen LogP contribution in [0.2, 0.25) is 0 Å². The molecule has 2 aromatic carbocycles. The Morgan fingerprint density at radius 2 is 1.86 bits per heavy atom. The first-order valence-electron chi connectivity index (χ1n) is 9.51. The molecule has 1 atom stereocenters. The molecule has 0 bridgehead atoms. The minimum atomic E-state index is -3.52. The number of benzene rings is 2. The predicted octanol–water partition coefficient (Wildman–Crippen LogP) is 4.12. The van der Waals surface area contributed by atoms with Gasteiger partial charge in [-0.15, -0.1) is 0 Å². The number of nitrogens with one attached hydrogen (secondary N) is 1. The van der Waals surface area contributed by atoms with Gasteiger partial charge in [0.05, 0.1) is 10.5 Å². The maximum absolute atomic E-state index is 13.1. The Morgan fingerprint density at radius 1 is 1.14 bits per heavy atom. The summed E-state index contributed by atoms with van der Waals surface area (Å²) in [7, 11) is -3.52. The third-order valence-electron chi connectivity index (χ3n) is 5.08. The second-order valence-electron chi connectivity index (χ2n) is 7.10. The van der Waals surface area contributed by atoms with Crippen LogP contribution >= 0.6 is 15.9 Å². The van der Waals surface area contributed by atoms with Gasteiger partial charge >= 0.3 is 0 Å². The largest absolute Gasteiger partial charge is 0.352 e. The zero-order valence-electron chi connectivity index (χ0n) is 15.9. The summed E-state index contributed by atoms with van der Waals surface area (Å²) in [5.74, 6) is -0.156. The van der Waals surface area contributed by atoms with E-state index in [1.165, 1.54) is 0 Å². The molecular formula is C21H25BrN2O3S. The van der Waals surface area contributed by atoms with Crippen molar-refractivity contribution in [1.82, 2.24) is 9.62 Å². The average Bonchev–Trinajstić information content (AvgIpc) is 2.69. The summed E-state index contributed by atoms with van der Waals surface area (Å²) in [5.41, 5.74) is 1.61. The smallest absolute Gasteiger partial charge is 0.252 e. The van der Waals surface area contributed by atoms with Gasteiger partial charge in [0.25, 0.3) is 5.91 Å². The van der Waals surface area contributed by atoms with Crippen LogP contribution in [0.4, 0.5) is 0 Å². The first-order chi connectivity index (χ1) is 13.4. The van der Waals surface area contributed by atoms with Crippen LogP contribution in [0.15, 0.2) is 57.9 Å². The number of hydrogen-bond acceptors (Lipinski definition) is 3. The Bertz CT molecular complexity index is 929. The van der Waals surface area contributed by atoms with Crippen molar-refractivity contribution in [3.8, 4) is 0 Å².